The van der Waals surface area contributed by atoms with Crippen LogP contribution in [0.4, 0.5) is 0 Å². The van der Waals surface area contributed by atoms with Crippen LogP contribution in [-0.2, 0) is 20.0 Å². The molecule has 4 nitrogen and oxygen atoms in total. The molecule has 18 heavy (non-hydrogen) atoms. The van der Waals surface area contributed by atoms with Gasteiger partial charge in [-0.3, -0.25) is 4.79 Å². The molecular formula is C13H14O4S. The number of fused-ring (bicyclic) bond motifs is 1. The third kappa shape index (κ3) is 1.66. The molecule has 1 N–H and O–H groups in total. The van der Waals surface area contributed by atoms with Crippen molar-refractivity contribution in [3.05, 3.63) is 34.2 Å². The second-order valence-corrected chi connectivity index (χ2v) is 7.03. The Morgan fingerprint density at radius 1 is 1.28 bits per heavy atom. The highest BCUT2D eigenvalue weighted by Crippen LogP contribution is 2.35. The Hall–Kier alpha value is -1.62. The highest BCUT2D eigenvalue weighted by Gasteiger charge is 2.32. The normalized spacial score (nSPS) is 17.2. The van der Waals surface area contributed by atoms with E-state index >= 15 is 0 Å². The standard InChI is InChI=1S/C13H14O4S/c1-8-6-9-7-10(13(2,3)12(14)15)4-5-11(9)18(8,16)17/h4-7H,1-3H3,(H,14,15). The Balaban J connectivity index is 2.62. The molecule has 1 aliphatic rings. The SMILES string of the molecule is CC1=Cc2cc(C(C)(C)C(=O)O)ccc2S1(=O)=O. The summed E-state index contributed by atoms with van der Waals surface area (Å²) in [5.74, 6) is -0.941. The van der Waals surface area contributed by atoms with E-state index in [1.807, 2.05) is 0 Å². The van der Waals surface area contributed by atoms with Crippen molar-refractivity contribution in [1.29, 1.82) is 0 Å². The van der Waals surface area contributed by atoms with Crippen LogP contribution in [0, 0.1) is 0 Å². The minimum Gasteiger partial charge on any atom is -0.481 e. The van der Waals surface area contributed by atoms with E-state index < -0.39 is 21.2 Å². The number of carboxylic acid groups (broad SMARTS) is 1. The summed E-state index contributed by atoms with van der Waals surface area (Å²) in [4.78, 5) is 11.7. The molecule has 0 amide bonds. The topological polar surface area (TPSA) is 71.4 Å². The third-order valence-electron chi connectivity index (χ3n) is 3.34. The van der Waals surface area contributed by atoms with Gasteiger partial charge in [0.25, 0.3) is 0 Å². The zero-order valence-corrected chi connectivity index (χ0v) is 11.2. The van der Waals surface area contributed by atoms with E-state index in [1.165, 1.54) is 13.0 Å². The zero-order valence-electron chi connectivity index (χ0n) is 10.4. The van der Waals surface area contributed by atoms with Crippen molar-refractivity contribution in [2.45, 2.75) is 31.1 Å². The van der Waals surface area contributed by atoms with Crippen LogP contribution in [0.15, 0.2) is 28.0 Å². The molecule has 0 radical (unpaired) electrons. The number of sulfone groups is 1. The van der Waals surface area contributed by atoms with Crippen molar-refractivity contribution in [3.63, 3.8) is 0 Å². The van der Waals surface area contributed by atoms with E-state index in [1.54, 1.807) is 32.1 Å². The molecule has 1 heterocycles. The first kappa shape index (κ1) is 12.8. The van der Waals surface area contributed by atoms with Gasteiger partial charge in [0.1, 0.15) is 0 Å². The second kappa shape index (κ2) is 3.68. The number of allylic oxidation sites excluding steroid dienone is 1. The Labute approximate surface area is 106 Å². The average molecular weight is 266 g/mol. The Morgan fingerprint density at radius 2 is 1.89 bits per heavy atom. The van der Waals surface area contributed by atoms with Gasteiger partial charge in [0.15, 0.2) is 0 Å². The van der Waals surface area contributed by atoms with Gasteiger partial charge in [-0.2, -0.15) is 0 Å². The van der Waals surface area contributed by atoms with Crippen molar-refractivity contribution in [1.82, 2.24) is 0 Å². The first-order valence-electron chi connectivity index (χ1n) is 5.48. The molecule has 0 saturated carbocycles. The lowest BCUT2D eigenvalue weighted by molar-refractivity contribution is -0.142. The summed E-state index contributed by atoms with van der Waals surface area (Å²) in [6.45, 7) is 4.73. The molecular weight excluding hydrogens is 252 g/mol. The maximum Gasteiger partial charge on any atom is 0.313 e. The molecule has 1 aromatic rings. The van der Waals surface area contributed by atoms with Crippen molar-refractivity contribution in [2.75, 3.05) is 0 Å². The molecule has 0 spiro atoms. The van der Waals surface area contributed by atoms with E-state index in [4.69, 9.17) is 5.11 Å². The van der Waals surface area contributed by atoms with Crippen molar-refractivity contribution in [3.8, 4) is 0 Å². The van der Waals surface area contributed by atoms with Gasteiger partial charge in [-0.15, -0.1) is 0 Å². The molecule has 0 saturated heterocycles. The largest absolute Gasteiger partial charge is 0.481 e. The summed E-state index contributed by atoms with van der Waals surface area (Å²) in [5, 5.41) is 9.16. The van der Waals surface area contributed by atoms with Gasteiger partial charge in [0.2, 0.25) is 9.84 Å². The minimum atomic E-state index is -3.35. The molecule has 5 heteroatoms. The van der Waals surface area contributed by atoms with Crippen LogP contribution < -0.4 is 0 Å². The maximum atomic E-state index is 11.9. The van der Waals surface area contributed by atoms with Gasteiger partial charge in [-0.05, 0) is 50.1 Å². The molecule has 2 rings (SSSR count). The number of hydrogen-bond acceptors (Lipinski definition) is 3. The van der Waals surface area contributed by atoms with Gasteiger partial charge in [0, 0.05) is 4.91 Å². The van der Waals surface area contributed by atoms with E-state index in [9.17, 15) is 13.2 Å². The highest BCUT2D eigenvalue weighted by molar-refractivity contribution is 7.95. The van der Waals surface area contributed by atoms with Crippen LogP contribution in [-0.4, -0.2) is 19.5 Å². The van der Waals surface area contributed by atoms with Crippen LogP contribution in [0.5, 0.6) is 0 Å². The fourth-order valence-electron chi connectivity index (χ4n) is 1.89. The maximum absolute atomic E-state index is 11.9. The molecule has 1 aromatic carbocycles. The number of rotatable bonds is 2. The zero-order chi connectivity index (χ0) is 13.7. The smallest absolute Gasteiger partial charge is 0.313 e. The summed E-state index contributed by atoms with van der Waals surface area (Å²) >= 11 is 0. The molecule has 0 unspecified atom stereocenters. The van der Waals surface area contributed by atoms with E-state index in [2.05, 4.69) is 0 Å². The number of aliphatic carboxylic acids is 1. The van der Waals surface area contributed by atoms with Crippen molar-refractivity contribution < 1.29 is 18.3 Å². The molecule has 96 valence electrons. The van der Waals surface area contributed by atoms with Crippen LogP contribution in [0.2, 0.25) is 0 Å². The molecule has 0 aromatic heterocycles. The molecule has 0 bridgehead atoms. The predicted octanol–water partition coefficient (Wildman–Crippen LogP) is 2.20. The first-order chi connectivity index (χ1) is 8.17. The second-order valence-electron chi connectivity index (χ2n) is 4.94. The van der Waals surface area contributed by atoms with E-state index in [0.29, 0.717) is 16.0 Å². The summed E-state index contributed by atoms with van der Waals surface area (Å²) in [6.07, 6.45) is 1.58. The Bertz CT molecular complexity index is 666. The number of benzene rings is 1. The summed E-state index contributed by atoms with van der Waals surface area (Å²) in [7, 11) is -3.35. The van der Waals surface area contributed by atoms with E-state index in [-0.39, 0.29) is 4.90 Å². The van der Waals surface area contributed by atoms with Gasteiger partial charge in [0.05, 0.1) is 10.3 Å². The average Bonchev–Trinajstić information content (AvgIpc) is 2.49. The molecule has 1 aliphatic heterocycles. The van der Waals surface area contributed by atoms with E-state index in [0.717, 1.165) is 0 Å². The Kier molecular flexibility index (Phi) is 2.63. The van der Waals surface area contributed by atoms with Crippen LogP contribution >= 0.6 is 0 Å². The van der Waals surface area contributed by atoms with Crippen LogP contribution in [0.3, 0.4) is 0 Å². The lowest BCUT2D eigenvalue weighted by Gasteiger charge is -2.20. The fourth-order valence-corrected chi connectivity index (χ4v) is 3.19. The van der Waals surface area contributed by atoms with Crippen molar-refractivity contribution >= 4 is 21.9 Å². The molecule has 0 fully saturated rings. The first-order valence-corrected chi connectivity index (χ1v) is 6.97. The van der Waals surface area contributed by atoms with Crippen LogP contribution in [0.1, 0.15) is 31.9 Å². The van der Waals surface area contributed by atoms with Gasteiger partial charge in [-0.1, -0.05) is 6.07 Å². The Morgan fingerprint density at radius 3 is 2.44 bits per heavy atom. The third-order valence-corrected chi connectivity index (χ3v) is 5.25. The number of carboxylic acids is 1. The quantitative estimate of drug-likeness (QED) is 0.890. The predicted molar refractivity (Wildman–Crippen MR) is 67.9 cm³/mol. The number of carbonyl (C=O) groups is 1. The molecule has 0 atom stereocenters. The fraction of sp³-hybridized carbons (Fsp3) is 0.308. The number of hydrogen-bond donors (Lipinski definition) is 1. The van der Waals surface area contributed by atoms with Crippen molar-refractivity contribution in [2.24, 2.45) is 0 Å². The van der Waals surface area contributed by atoms with Gasteiger partial charge >= 0.3 is 5.97 Å². The lowest BCUT2D eigenvalue weighted by Crippen LogP contribution is -2.28. The summed E-state index contributed by atoms with van der Waals surface area (Å²) < 4.78 is 23.8. The summed E-state index contributed by atoms with van der Waals surface area (Å²) in [5.41, 5.74) is 0.123. The monoisotopic (exact) mass is 266 g/mol. The van der Waals surface area contributed by atoms with Gasteiger partial charge < -0.3 is 5.11 Å². The van der Waals surface area contributed by atoms with Crippen LogP contribution in [0.25, 0.3) is 6.08 Å². The molecule has 0 aliphatic carbocycles. The van der Waals surface area contributed by atoms with Gasteiger partial charge in [-0.25, -0.2) is 8.42 Å². The lowest BCUT2D eigenvalue weighted by atomic mass is 9.84. The minimum absolute atomic E-state index is 0.255. The summed E-state index contributed by atoms with van der Waals surface area (Å²) in [6, 6.07) is 4.69. The highest BCUT2D eigenvalue weighted by atomic mass is 32.2.